The molecule has 18 heavy (non-hydrogen) atoms. The number of sulfonamides is 1. The summed E-state index contributed by atoms with van der Waals surface area (Å²) in [6.45, 7) is 0.475. The van der Waals surface area contributed by atoms with Gasteiger partial charge in [-0.25, -0.2) is 18.1 Å². The van der Waals surface area contributed by atoms with Gasteiger partial charge >= 0.3 is 0 Å². The minimum atomic E-state index is -3.47. The summed E-state index contributed by atoms with van der Waals surface area (Å²) >= 11 is 6.02. The first-order valence-electron chi connectivity index (χ1n) is 6.09. The van der Waals surface area contributed by atoms with E-state index in [0.29, 0.717) is 12.5 Å². The summed E-state index contributed by atoms with van der Waals surface area (Å²) in [5.41, 5.74) is 0. The summed E-state index contributed by atoms with van der Waals surface area (Å²) in [5.74, 6) is 0.387. The van der Waals surface area contributed by atoms with Gasteiger partial charge in [0.15, 0.2) is 5.03 Å². The van der Waals surface area contributed by atoms with E-state index in [2.05, 4.69) is 9.71 Å². The van der Waals surface area contributed by atoms with Crippen LogP contribution in [-0.4, -0.2) is 29.9 Å². The molecule has 0 saturated heterocycles. The van der Waals surface area contributed by atoms with Crippen molar-refractivity contribution in [3.05, 3.63) is 12.5 Å². The third-order valence-electron chi connectivity index (χ3n) is 3.29. The van der Waals surface area contributed by atoms with Gasteiger partial charge in [-0.05, 0) is 31.6 Å². The lowest BCUT2D eigenvalue weighted by Gasteiger charge is -2.24. The van der Waals surface area contributed by atoms with Crippen LogP contribution in [0.4, 0.5) is 0 Å². The second-order valence-corrected chi connectivity index (χ2v) is 7.18. The minimum absolute atomic E-state index is 0.0797. The van der Waals surface area contributed by atoms with Crippen molar-refractivity contribution in [1.29, 1.82) is 0 Å². The zero-order valence-electron chi connectivity index (χ0n) is 10.3. The van der Waals surface area contributed by atoms with Gasteiger partial charge < -0.3 is 4.57 Å². The molecule has 0 aliphatic heterocycles. The molecule has 1 aromatic heterocycles. The summed E-state index contributed by atoms with van der Waals surface area (Å²) in [5, 5.41) is 0.338. The summed E-state index contributed by atoms with van der Waals surface area (Å²) in [6, 6.07) is 0. The first kappa shape index (κ1) is 13.8. The molecule has 0 unspecified atom stereocenters. The molecule has 0 spiro atoms. The number of nitrogens with one attached hydrogen (secondary N) is 1. The average Bonchev–Trinajstić information content (AvgIpc) is 2.76. The van der Waals surface area contributed by atoms with Gasteiger partial charge in [0.2, 0.25) is 0 Å². The zero-order chi connectivity index (χ0) is 13.2. The Balaban J connectivity index is 1.90. The molecule has 2 rings (SSSR count). The van der Waals surface area contributed by atoms with Crippen molar-refractivity contribution in [2.24, 2.45) is 13.0 Å². The summed E-state index contributed by atoms with van der Waals surface area (Å²) in [6.07, 6.45) is 6.89. The number of aromatic nitrogens is 2. The molecule has 0 radical (unpaired) electrons. The first-order valence-corrected chi connectivity index (χ1v) is 8.01. The van der Waals surface area contributed by atoms with Gasteiger partial charge in [-0.1, -0.05) is 0 Å². The number of alkyl halides is 1. The lowest BCUT2D eigenvalue weighted by Crippen LogP contribution is -2.31. The summed E-state index contributed by atoms with van der Waals surface area (Å²) < 4.78 is 28.1. The van der Waals surface area contributed by atoms with Crippen LogP contribution in [0.3, 0.4) is 0 Å². The Bertz CT molecular complexity index is 492. The molecular weight excluding hydrogens is 274 g/mol. The molecule has 1 aliphatic carbocycles. The van der Waals surface area contributed by atoms with Crippen LogP contribution >= 0.6 is 11.6 Å². The standard InChI is InChI=1S/C11H18ClN3O2S/c1-15-7-11(13-8-15)18(16,17)14-6-9-2-4-10(12)5-3-9/h7-10,14H,2-6H2,1H3. The molecule has 0 aromatic carbocycles. The van der Waals surface area contributed by atoms with Gasteiger partial charge in [0, 0.05) is 25.2 Å². The van der Waals surface area contributed by atoms with Gasteiger partial charge in [0.25, 0.3) is 10.0 Å². The number of aryl methyl sites for hydroxylation is 1. The van der Waals surface area contributed by atoms with Crippen LogP contribution in [-0.2, 0) is 17.1 Å². The Kier molecular flexibility index (Phi) is 4.29. The highest BCUT2D eigenvalue weighted by atomic mass is 35.5. The van der Waals surface area contributed by atoms with Crippen molar-refractivity contribution in [1.82, 2.24) is 14.3 Å². The molecule has 7 heteroatoms. The number of nitrogens with zero attached hydrogens (tertiary/aromatic N) is 2. The van der Waals surface area contributed by atoms with E-state index in [9.17, 15) is 8.42 Å². The van der Waals surface area contributed by atoms with Crippen molar-refractivity contribution in [3.8, 4) is 0 Å². The topological polar surface area (TPSA) is 64.0 Å². The number of hydrogen-bond acceptors (Lipinski definition) is 3. The number of halogens is 1. The molecule has 1 fully saturated rings. The van der Waals surface area contributed by atoms with Crippen molar-refractivity contribution >= 4 is 21.6 Å². The fourth-order valence-corrected chi connectivity index (χ4v) is 3.50. The molecule has 1 N–H and O–H groups in total. The number of imidazole rings is 1. The van der Waals surface area contributed by atoms with E-state index in [1.165, 1.54) is 12.5 Å². The van der Waals surface area contributed by atoms with Crippen molar-refractivity contribution < 1.29 is 8.42 Å². The molecule has 0 amide bonds. The molecule has 1 saturated carbocycles. The minimum Gasteiger partial charge on any atom is -0.339 e. The molecule has 0 atom stereocenters. The number of hydrogen-bond donors (Lipinski definition) is 1. The van der Waals surface area contributed by atoms with Gasteiger partial charge in [-0.2, -0.15) is 0 Å². The SMILES string of the molecule is Cn1cnc(S(=O)(=O)NCC2CCC(Cl)CC2)c1. The molecule has 1 aromatic rings. The van der Waals surface area contributed by atoms with E-state index < -0.39 is 10.0 Å². The number of rotatable bonds is 4. The smallest absolute Gasteiger partial charge is 0.259 e. The molecule has 102 valence electrons. The van der Waals surface area contributed by atoms with E-state index in [1.807, 2.05) is 0 Å². The molecule has 1 aliphatic rings. The maximum Gasteiger partial charge on any atom is 0.259 e. The van der Waals surface area contributed by atoms with Crippen LogP contribution in [0.5, 0.6) is 0 Å². The molecule has 0 bridgehead atoms. The Morgan fingerprint density at radius 2 is 2.11 bits per heavy atom. The van der Waals surface area contributed by atoms with E-state index in [4.69, 9.17) is 11.6 Å². The van der Waals surface area contributed by atoms with Gasteiger partial charge in [-0.15, -0.1) is 11.6 Å². The summed E-state index contributed by atoms with van der Waals surface area (Å²) in [7, 11) is -1.72. The van der Waals surface area contributed by atoms with Crippen molar-refractivity contribution in [2.75, 3.05) is 6.54 Å². The Hall–Kier alpha value is -0.590. The van der Waals surface area contributed by atoms with Crippen LogP contribution in [0.2, 0.25) is 0 Å². The monoisotopic (exact) mass is 291 g/mol. The Labute approximate surface area is 113 Å². The highest BCUT2D eigenvalue weighted by Crippen LogP contribution is 2.27. The first-order chi connectivity index (χ1) is 8.47. The maximum atomic E-state index is 11.9. The highest BCUT2D eigenvalue weighted by Gasteiger charge is 2.23. The normalized spacial score (nSPS) is 25.2. The second kappa shape index (κ2) is 5.59. The fourth-order valence-electron chi connectivity index (χ4n) is 2.16. The third kappa shape index (κ3) is 3.46. The average molecular weight is 292 g/mol. The van der Waals surface area contributed by atoms with E-state index in [-0.39, 0.29) is 10.4 Å². The van der Waals surface area contributed by atoms with Gasteiger partial charge in [-0.3, -0.25) is 0 Å². The maximum absolute atomic E-state index is 11.9. The largest absolute Gasteiger partial charge is 0.339 e. The Morgan fingerprint density at radius 3 is 2.67 bits per heavy atom. The molecule has 1 heterocycles. The lowest BCUT2D eigenvalue weighted by molar-refractivity contribution is 0.361. The van der Waals surface area contributed by atoms with Crippen LogP contribution in [0.1, 0.15) is 25.7 Å². The Morgan fingerprint density at radius 1 is 1.44 bits per heavy atom. The summed E-state index contributed by atoms with van der Waals surface area (Å²) in [4.78, 5) is 3.85. The van der Waals surface area contributed by atoms with Crippen LogP contribution in [0.15, 0.2) is 17.6 Å². The second-order valence-electron chi connectivity index (χ2n) is 4.85. The van der Waals surface area contributed by atoms with Crippen molar-refractivity contribution in [3.63, 3.8) is 0 Å². The van der Waals surface area contributed by atoms with Crippen LogP contribution in [0.25, 0.3) is 0 Å². The molecule has 5 nitrogen and oxygen atoms in total. The zero-order valence-corrected chi connectivity index (χ0v) is 11.9. The predicted octanol–water partition coefficient (Wildman–Crippen LogP) is 1.50. The van der Waals surface area contributed by atoms with E-state index >= 15 is 0 Å². The highest BCUT2D eigenvalue weighted by molar-refractivity contribution is 7.89. The van der Waals surface area contributed by atoms with E-state index in [1.54, 1.807) is 11.6 Å². The van der Waals surface area contributed by atoms with Gasteiger partial charge in [0.05, 0.1) is 6.33 Å². The van der Waals surface area contributed by atoms with E-state index in [0.717, 1.165) is 25.7 Å². The van der Waals surface area contributed by atoms with Gasteiger partial charge in [0.1, 0.15) is 0 Å². The lowest BCUT2D eigenvalue weighted by atomic mass is 9.89. The van der Waals surface area contributed by atoms with Crippen LogP contribution < -0.4 is 4.72 Å². The third-order valence-corrected chi connectivity index (χ3v) is 5.04. The molecular formula is C11H18ClN3O2S. The van der Waals surface area contributed by atoms with Crippen LogP contribution in [0, 0.1) is 5.92 Å². The van der Waals surface area contributed by atoms with Crippen molar-refractivity contribution in [2.45, 2.75) is 36.1 Å². The predicted molar refractivity (Wildman–Crippen MR) is 70.0 cm³/mol. The quantitative estimate of drug-likeness (QED) is 0.855. The fraction of sp³-hybridized carbons (Fsp3) is 0.727.